The number of H-pyrrole nitrogens is 1. The number of rotatable bonds is 6. The molecule has 1 aliphatic carbocycles. The predicted octanol–water partition coefficient (Wildman–Crippen LogP) is 3.40. The second-order valence-corrected chi connectivity index (χ2v) is 8.80. The molecule has 0 spiro atoms. The summed E-state index contributed by atoms with van der Waals surface area (Å²) in [6, 6.07) is 7.72. The topological polar surface area (TPSA) is 103 Å². The van der Waals surface area contributed by atoms with Gasteiger partial charge in [0, 0.05) is 25.3 Å². The molecule has 1 aliphatic rings. The van der Waals surface area contributed by atoms with Gasteiger partial charge in [0.15, 0.2) is 5.65 Å². The summed E-state index contributed by atoms with van der Waals surface area (Å²) >= 11 is 0. The number of benzene rings is 1. The van der Waals surface area contributed by atoms with Crippen LogP contribution in [-0.2, 0) is 15.8 Å². The first-order valence-electron chi connectivity index (χ1n) is 9.45. The van der Waals surface area contributed by atoms with Gasteiger partial charge in [0.05, 0.1) is 17.1 Å². The summed E-state index contributed by atoms with van der Waals surface area (Å²) in [6.07, 6.45) is 3.49. The molecule has 152 valence electrons. The van der Waals surface area contributed by atoms with Crippen LogP contribution < -0.4 is 14.9 Å². The van der Waals surface area contributed by atoms with Crippen LogP contribution in [0.5, 0.6) is 0 Å². The molecule has 4 rings (SSSR count). The number of nitrogens with one attached hydrogen (secondary N) is 3. The normalized spacial score (nSPS) is 14.6. The predicted molar refractivity (Wildman–Crippen MR) is 117 cm³/mol. The Bertz CT molecular complexity index is 1120. The van der Waals surface area contributed by atoms with Gasteiger partial charge in [-0.15, -0.1) is 0 Å². The van der Waals surface area contributed by atoms with Crippen molar-refractivity contribution in [2.75, 3.05) is 28.2 Å². The van der Waals surface area contributed by atoms with Crippen molar-refractivity contribution in [3.8, 4) is 0 Å². The Morgan fingerprint density at radius 1 is 1.21 bits per heavy atom. The molecule has 1 aromatic carbocycles. The molecule has 1 saturated carbocycles. The number of amides is 1. The first-order chi connectivity index (χ1) is 13.8. The molecule has 0 radical (unpaired) electrons. The van der Waals surface area contributed by atoms with Gasteiger partial charge < -0.3 is 15.6 Å². The van der Waals surface area contributed by atoms with Crippen molar-refractivity contribution in [3.05, 3.63) is 35.7 Å². The van der Waals surface area contributed by atoms with Crippen molar-refractivity contribution >= 4 is 50.9 Å². The number of carbonyl (C=O) groups excluding carboxylic acids is 1. The first-order valence-corrected chi connectivity index (χ1v) is 11.0. The van der Waals surface area contributed by atoms with Crippen molar-refractivity contribution in [1.82, 2.24) is 15.0 Å². The summed E-state index contributed by atoms with van der Waals surface area (Å²) in [4.78, 5) is 24.3. The minimum atomic E-state index is -1.17. The van der Waals surface area contributed by atoms with Gasteiger partial charge in [-0.1, -0.05) is 6.07 Å². The molecule has 3 aromatic rings. The van der Waals surface area contributed by atoms with Crippen LogP contribution in [0.4, 0.5) is 22.9 Å². The minimum Gasteiger partial charge on any atom is -0.352 e. The van der Waals surface area contributed by atoms with E-state index in [9.17, 15) is 9.00 Å². The van der Waals surface area contributed by atoms with Crippen molar-refractivity contribution < 1.29 is 9.00 Å². The van der Waals surface area contributed by atoms with E-state index < -0.39 is 11.0 Å². The fourth-order valence-corrected chi connectivity index (χ4v) is 3.56. The number of anilines is 4. The van der Waals surface area contributed by atoms with E-state index in [0.717, 1.165) is 46.8 Å². The molecule has 1 fully saturated rings. The van der Waals surface area contributed by atoms with Gasteiger partial charge in [-0.2, -0.15) is 0 Å². The van der Waals surface area contributed by atoms with Crippen LogP contribution in [0.2, 0.25) is 0 Å². The maximum atomic E-state index is 12.2. The van der Waals surface area contributed by atoms with Crippen LogP contribution in [0, 0.1) is 19.8 Å². The third-order valence-corrected chi connectivity index (χ3v) is 5.89. The number of aromatic nitrogens is 3. The summed E-state index contributed by atoms with van der Waals surface area (Å²) in [7, 11) is 0.624. The summed E-state index contributed by atoms with van der Waals surface area (Å²) in [5.41, 5.74) is 4.70. The Hall–Kier alpha value is -2.94. The second-order valence-electron chi connectivity index (χ2n) is 7.41. The van der Waals surface area contributed by atoms with Crippen molar-refractivity contribution in [3.63, 3.8) is 0 Å². The van der Waals surface area contributed by atoms with E-state index in [1.165, 1.54) is 0 Å². The highest BCUT2D eigenvalue weighted by molar-refractivity contribution is 7.85. The van der Waals surface area contributed by atoms with Crippen molar-refractivity contribution in [1.29, 1.82) is 0 Å². The molecule has 1 unspecified atom stereocenters. The van der Waals surface area contributed by atoms with E-state index >= 15 is 0 Å². The quantitative estimate of drug-likeness (QED) is 0.576. The summed E-state index contributed by atoms with van der Waals surface area (Å²) in [5.74, 6) is 1.27. The third-order valence-electron chi connectivity index (χ3n) is 4.93. The van der Waals surface area contributed by atoms with E-state index in [2.05, 4.69) is 25.6 Å². The fourth-order valence-electron chi connectivity index (χ4n) is 3.13. The van der Waals surface area contributed by atoms with Gasteiger partial charge in [0.1, 0.15) is 28.1 Å². The summed E-state index contributed by atoms with van der Waals surface area (Å²) in [5, 5.41) is 6.30. The van der Waals surface area contributed by atoms with E-state index in [1.807, 2.05) is 32.0 Å². The number of aromatic amines is 1. The molecule has 0 saturated heterocycles. The van der Waals surface area contributed by atoms with Crippen LogP contribution in [0.3, 0.4) is 0 Å². The van der Waals surface area contributed by atoms with Gasteiger partial charge >= 0.3 is 0 Å². The maximum absolute atomic E-state index is 12.2. The molecule has 0 bridgehead atoms. The molecule has 1 atom stereocenters. The van der Waals surface area contributed by atoms with E-state index in [1.54, 1.807) is 23.7 Å². The second kappa shape index (κ2) is 7.47. The standard InChI is InChI=1S/C20H24N6O2S/c1-11-5-8-14(16(9-11)26(3)29(4)28)23-15-10-17(25-20(27)13-6-7-13)24-19-18(15)21-12(2)22-19/h5,8-10,13H,6-7H2,1-4H3,(H3,21,22,23,24,25,27). The first kappa shape index (κ1) is 19.4. The highest BCUT2D eigenvalue weighted by Gasteiger charge is 2.30. The molecular formula is C20H24N6O2S. The number of fused-ring (bicyclic) bond motifs is 1. The lowest BCUT2D eigenvalue weighted by atomic mass is 10.2. The van der Waals surface area contributed by atoms with Crippen molar-refractivity contribution in [2.24, 2.45) is 5.92 Å². The zero-order chi connectivity index (χ0) is 20.7. The summed E-state index contributed by atoms with van der Waals surface area (Å²) < 4.78 is 13.8. The van der Waals surface area contributed by atoms with Gasteiger partial charge in [-0.25, -0.2) is 14.2 Å². The Kier molecular flexibility index (Phi) is 4.99. The zero-order valence-electron chi connectivity index (χ0n) is 16.9. The Morgan fingerprint density at radius 3 is 2.66 bits per heavy atom. The van der Waals surface area contributed by atoms with Gasteiger partial charge in [-0.05, 0) is 44.4 Å². The van der Waals surface area contributed by atoms with Crippen LogP contribution in [0.15, 0.2) is 24.3 Å². The van der Waals surface area contributed by atoms with Crippen molar-refractivity contribution in [2.45, 2.75) is 26.7 Å². The Morgan fingerprint density at radius 2 is 1.97 bits per heavy atom. The average molecular weight is 413 g/mol. The summed E-state index contributed by atoms with van der Waals surface area (Å²) in [6.45, 7) is 3.85. The smallest absolute Gasteiger partial charge is 0.228 e. The van der Waals surface area contributed by atoms with Crippen LogP contribution in [0.25, 0.3) is 11.2 Å². The lowest BCUT2D eigenvalue weighted by Gasteiger charge is -2.21. The van der Waals surface area contributed by atoms with Crippen LogP contribution in [-0.4, -0.2) is 38.4 Å². The molecule has 3 N–H and O–H groups in total. The number of carbonyl (C=O) groups is 1. The van der Waals surface area contributed by atoms with Gasteiger partial charge in [0.25, 0.3) is 0 Å². The van der Waals surface area contributed by atoms with Gasteiger partial charge in [-0.3, -0.25) is 9.10 Å². The lowest BCUT2D eigenvalue weighted by Crippen LogP contribution is -2.20. The average Bonchev–Trinajstić information content (AvgIpc) is 3.44. The van der Waals surface area contributed by atoms with Gasteiger partial charge in [0.2, 0.25) is 5.91 Å². The van der Waals surface area contributed by atoms with Crippen LogP contribution in [0.1, 0.15) is 24.2 Å². The minimum absolute atomic E-state index is 0.00723. The lowest BCUT2D eigenvalue weighted by molar-refractivity contribution is -0.117. The molecular weight excluding hydrogens is 388 g/mol. The number of hydrogen-bond donors (Lipinski definition) is 3. The van der Waals surface area contributed by atoms with Crippen LogP contribution >= 0.6 is 0 Å². The third kappa shape index (κ3) is 4.09. The Balaban J connectivity index is 1.75. The number of imidazole rings is 1. The van der Waals surface area contributed by atoms with E-state index in [-0.39, 0.29) is 11.8 Å². The molecule has 1 amide bonds. The zero-order valence-corrected chi connectivity index (χ0v) is 17.7. The largest absolute Gasteiger partial charge is 0.352 e. The highest BCUT2D eigenvalue weighted by Crippen LogP contribution is 2.34. The number of hydrogen-bond acceptors (Lipinski definition) is 5. The van der Waals surface area contributed by atoms with E-state index in [4.69, 9.17) is 0 Å². The molecule has 2 heterocycles. The van der Waals surface area contributed by atoms with E-state index in [0.29, 0.717) is 11.5 Å². The number of aryl methyl sites for hydroxylation is 2. The number of nitrogens with zero attached hydrogens (tertiary/aromatic N) is 3. The molecule has 8 nitrogen and oxygen atoms in total. The molecule has 0 aliphatic heterocycles. The molecule has 9 heteroatoms. The highest BCUT2D eigenvalue weighted by atomic mass is 32.2. The monoisotopic (exact) mass is 412 g/mol. The molecule has 2 aromatic heterocycles. The maximum Gasteiger partial charge on any atom is 0.228 e. The Labute approximate surface area is 171 Å². The fraction of sp³-hybridized carbons (Fsp3) is 0.350. The molecule has 29 heavy (non-hydrogen) atoms. The SMILES string of the molecule is Cc1ccc(Nc2cc(NC(=O)C3CC3)nc3nc(C)[nH]c23)c(N(C)S(C)=O)c1. The number of pyridine rings is 1.